The summed E-state index contributed by atoms with van der Waals surface area (Å²) >= 11 is 0. The molecule has 2 aromatic carbocycles. The van der Waals surface area contributed by atoms with Gasteiger partial charge in [0.1, 0.15) is 12.3 Å². The van der Waals surface area contributed by atoms with Crippen LogP contribution in [0, 0.1) is 5.92 Å². The van der Waals surface area contributed by atoms with Crippen LogP contribution in [0.15, 0.2) is 48.5 Å². The molecule has 2 aromatic rings. The molecule has 29 heavy (non-hydrogen) atoms. The van der Waals surface area contributed by atoms with Gasteiger partial charge in [-0.3, -0.25) is 9.59 Å². The molecule has 0 aromatic heterocycles. The monoisotopic (exact) mass is 395 g/mol. The quantitative estimate of drug-likeness (QED) is 0.805. The number of anilines is 3. The third kappa shape index (κ3) is 5.28. The zero-order valence-electron chi connectivity index (χ0n) is 17.4. The number of hydrogen-bond donors (Lipinski definition) is 1. The van der Waals surface area contributed by atoms with Gasteiger partial charge in [-0.25, -0.2) is 0 Å². The Hall–Kier alpha value is -3.02. The summed E-state index contributed by atoms with van der Waals surface area (Å²) in [6.07, 6.45) is 2.40. The summed E-state index contributed by atoms with van der Waals surface area (Å²) in [6, 6.07) is 15.1. The summed E-state index contributed by atoms with van der Waals surface area (Å²) < 4.78 is 5.26. The van der Waals surface area contributed by atoms with E-state index < -0.39 is 0 Å². The van der Waals surface area contributed by atoms with Crippen molar-refractivity contribution in [2.75, 3.05) is 41.9 Å². The summed E-state index contributed by atoms with van der Waals surface area (Å²) in [7, 11) is 1.55. The Morgan fingerprint density at radius 2 is 1.76 bits per heavy atom. The molecule has 0 aliphatic carbocycles. The molecule has 6 heteroatoms. The summed E-state index contributed by atoms with van der Waals surface area (Å²) in [6.45, 7) is 5.81. The number of rotatable bonds is 6. The standard InChI is InChI=1S/C23H29N3O3/c1-17-12-14-25(15-13-17)19-8-10-20(11-9-19)26(18(2)27)16-23(28)24-21-6-4-5-7-22(21)29-3/h4-11,17H,12-16H2,1-3H3,(H,24,28). The minimum Gasteiger partial charge on any atom is -0.495 e. The van der Waals surface area contributed by atoms with E-state index in [4.69, 9.17) is 4.74 Å². The number of hydrogen-bond acceptors (Lipinski definition) is 4. The SMILES string of the molecule is COc1ccccc1NC(=O)CN(C(C)=O)c1ccc(N2CCC(C)CC2)cc1. The molecule has 0 bridgehead atoms. The van der Waals surface area contributed by atoms with Gasteiger partial charge in [-0.05, 0) is 55.2 Å². The number of ether oxygens (including phenoxy) is 1. The Morgan fingerprint density at radius 3 is 2.38 bits per heavy atom. The lowest BCUT2D eigenvalue weighted by Gasteiger charge is -2.32. The topological polar surface area (TPSA) is 61.9 Å². The van der Waals surface area contributed by atoms with Crippen LogP contribution in [0.5, 0.6) is 5.75 Å². The lowest BCUT2D eigenvalue weighted by atomic mass is 9.99. The number of piperidine rings is 1. The number of carbonyl (C=O) groups excluding carboxylic acids is 2. The van der Waals surface area contributed by atoms with E-state index in [1.165, 1.54) is 24.7 Å². The molecule has 2 amide bonds. The van der Waals surface area contributed by atoms with Crippen molar-refractivity contribution in [2.24, 2.45) is 5.92 Å². The van der Waals surface area contributed by atoms with Gasteiger partial charge in [0.25, 0.3) is 0 Å². The fourth-order valence-corrected chi connectivity index (χ4v) is 3.58. The second-order valence-electron chi connectivity index (χ2n) is 7.54. The van der Waals surface area contributed by atoms with Gasteiger partial charge in [-0.2, -0.15) is 0 Å². The number of amides is 2. The Bertz CT molecular complexity index is 843. The zero-order chi connectivity index (χ0) is 20.8. The van der Waals surface area contributed by atoms with Gasteiger partial charge in [0, 0.05) is 31.4 Å². The molecule has 1 aliphatic rings. The Morgan fingerprint density at radius 1 is 1.10 bits per heavy atom. The molecule has 0 spiro atoms. The van der Waals surface area contributed by atoms with E-state index in [2.05, 4.69) is 17.1 Å². The second kappa shape index (κ2) is 9.45. The molecule has 0 radical (unpaired) electrons. The first-order valence-electron chi connectivity index (χ1n) is 10.0. The molecule has 6 nitrogen and oxygen atoms in total. The van der Waals surface area contributed by atoms with E-state index in [0.717, 1.165) is 24.7 Å². The Kier molecular flexibility index (Phi) is 6.75. The van der Waals surface area contributed by atoms with Crippen LogP contribution in [0.2, 0.25) is 0 Å². The fraction of sp³-hybridized carbons (Fsp3) is 0.391. The normalized spacial score (nSPS) is 14.4. The second-order valence-corrected chi connectivity index (χ2v) is 7.54. The van der Waals surface area contributed by atoms with Crippen molar-refractivity contribution in [3.05, 3.63) is 48.5 Å². The summed E-state index contributed by atoms with van der Waals surface area (Å²) in [5, 5.41) is 2.82. The number of benzene rings is 2. The molecule has 0 unspecified atom stereocenters. The predicted octanol–water partition coefficient (Wildman–Crippen LogP) is 3.92. The molecule has 1 N–H and O–H groups in total. The van der Waals surface area contributed by atoms with Crippen LogP contribution in [-0.2, 0) is 9.59 Å². The lowest BCUT2D eigenvalue weighted by molar-refractivity contribution is -0.120. The molecule has 1 heterocycles. The van der Waals surface area contributed by atoms with Crippen LogP contribution in [-0.4, -0.2) is 38.6 Å². The molecule has 1 saturated heterocycles. The third-order valence-electron chi connectivity index (χ3n) is 5.37. The Labute approximate surface area is 172 Å². The number of methoxy groups -OCH3 is 1. The number of para-hydroxylation sites is 2. The largest absolute Gasteiger partial charge is 0.495 e. The minimum absolute atomic E-state index is 0.0616. The molecule has 1 fully saturated rings. The van der Waals surface area contributed by atoms with Crippen LogP contribution < -0.4 is 19.9 Å². The maximum atomic E-state index is 12.5. The molecule has 154 valence electrons. The van der Waals surface area contributed by atoms with Crippen molar-refractivity contribution in [2.45, 2.75) is 26.7 Å². The van der Waals surface area contributed by atoms with Crippen molar-refractivity contribution in [3.8, 4) is 5.75 Å². The van der Waals surface area contributed by atoms with Crippen LogP contribution in [0.4, 0.5) is 17.1 Å². The van der Waals surface area contributed by atoms with Crippen molar-refractivity contribution in [1.29, 1.82) is 0 Å². The van der Waals surface area contributed by atoms with Gasteiger partial charge >= 0.3 is 0 Å². The zero-order valence-corrected chi connectivity index (χ0v) is 17.4. The van der Waals surface area contributed by atoms with E-state index in [1.807, 2.05) is 36.4 Å². The molecular weight excluding hydrogens is 366 g/mol. The number of carbonyl (C=O) groups is 2. The average molecular weight is 396 g/mol. The summed E-state index contributed by atoms with van der Waals surface area (Å²) in [4.78, 5) is 28.6. The van der Waals surface area contributed by atoms with Gasteiger partial charge in [0.2, 0.25) is 11.8 Å². The lowest BCUT2D eigenvalue weighted by Crippen LogP contribution is -2.37. The van der Waals surface area contributed by atoms with Crippen molar-refractivity contribution >= 4 is 28.9 Å². The van der Waals surface area contributed by atoms with Gasteiger partial charge in [0.05, 0.1) is 12.8 Å². The van der Waals surface area contributed by atoms with Gasteiger partial charge in [-0.1, -0.05) is 19.1 Å². The molecule has 0 atom stereocenters. The van der Waals surface area contributed by atoms with E-state index in [-0.39, 0.29) is 18.4 Å². The first kappa shape index (κ1) is 20.7. The summed E-state index contributed by atoms with van der Waals surface area (Å²) in [5.41, 5.74) is 2.45. The number of nitrogens with one attached hydrogen (secondary N) is 1. The van der Waals surface area contributed by atoms with Crippen molar-refractivity contribution in [3.63, 3.8) is 0 Å². The first-order valence-corrected chi connectivity index (χ1v) is 10.0. The van der Waals surface area contributed by atoms with Crippen molar-refractivity contribution < 1.29 is 14.3 Å². The maximum absolute atomic E-state index is 12.5. The van der Waals surface area contributed by atoms with Gasteiger partial charge < -0.3 is 19.9 Å². The molecular formula is C23H29N3O3. The fourth-order valence-electron chi connectivity index (χ4n) is 3.58. The van der Waals surface area contributed by atoms with E-state index in [9.17, 15) is 9.59 Å². The highest BCUT2D eigenvalue weighted by atomic mass is 16.5. The molecule has 1 aliphatic heterocycles. The maximum Gasteiger partial charge on any atom is 0.244 e. The van der Waals surface area contributed by atoms with Crippen LogP contribution in [0.1, 0.15) is 26.7 Å². The molecule has 3 rings (SSSR count). The van der Waals surface area contributed by atoms with Gasteiger partial charge in [0.15, 0.2) is 0 Å². The highest BCUT2D eigenvalue weighted by Crippen LogP contribution is 2.26. The summed E-state index contributed by atoms with van der Waals surface area (Å²) in [5.74, 6) is 0.898. The molecule has 0 saturated carbocycles. The van der Waals surface area contributed by atoms with Crippen LogP contribution >= 0.6 is 0 Å². The highest BCUT2D eigenvalue weighted by molar-refractivity contribution is 6.02. The van der Waals surface area contributed by atoms with E-state index >= 15 is 0 Å². The van der Waals surface area contributed by atoms with Crippen LogP contribution in [0.25, 0.3) is 0 Å². The highest BCUT2D eigenvalue weighted by Gasteiger charge is 2.19. The average Bonchev–Trinajstić information content (AvgIpc) is 2.73. The van der Waals surface area contributed by atoms with E-state index in [1.54, 1.807) is 19.2 Å². The smallest absolute Gasteiger partial charge is 0.244 e. The van der Waals surface area contributed by atoms with Crippen molar-refractivity contribution in [1.82, 2.24) is 0 Å². The van der Waals surface area contributed by atoms with E-state index in [0.29, 0.717) is 17.1 Å². The minimum atomic E-state index is -0.279. The number of nitrogens with zero attached hydrogens (tertiary/aromatic N) is 2. The third-order valence-corrected chi connectivity index (χ3v) is 5.37. The predicted molar refractivity (Wildman–Crippen MR) is 117 cm³/mol. The first-order chi connectivity index (χ1) is 14.0. The van der Waals surface area contributed by atoms with Crippen LogP contribution in [0.3, 0.4) is 0 Å². The Balaban J connectivity index is 1.67. The van der Waals surface area contributed by atoms with Gasteiger partial charge in [-0.15, -0.1) is 0 Å².